The van der Waals surface area contributed by atoms with Gasteiger partial charge >= 0.3 is 5.97 Å². The van der Waals surface area contributed by atoms with Gasteiger partial charge in [0.2, 0.25) is 0 Å². The number of nitrogens with one attached hydrogen (secondary N) is 1. The molecule has 1 N–H and O–H groups in total. The van der Waals surface area contributed by atoms with Crippen molar-refractivity contribution in [1.82, 2.24) is 5.32 Å². The first-order chi connectivity index (χ1) is 13.4. The van der Waals surface area contributed by atoms with E-state index in [1.54, 1.807) is 0 Å². The molecule has 0 radical (unpaired) electrons. The molecule has 0 spiro atoms. The van der Waals surface area contributed by atoms with Crippen molar-refractivity contribution < 1.29 is 19.1 Å². The van der Waals surface area contributed by atoms with Crippen molar-refractivity contribution in [2.75, 3.05) is 13.2 Å². The molecule has 1 unspecified atom stereocenters. The zero-order chi connectivity index (χ0) is 20.1. The lowest BCUT2D eigenvalue weighted by Gasteiger charge is -2.26. The average Bonchev–Trinajstić information content (AvgIpc) is 2.68. The van der Waals surface area contributed by atoms with E-state index in [2.05, 4.69) is 11.4 Å². The van der Waals surface area contributed by atoms with E-state index in [4.69, 9.17) is 44.3 Å². The number of aryl methyl sites for hydroxylation is 1. The van der Waals surface area contributed by atoms with E-state index >= 15 is 0 Å². The molecule has 0 aliphatic heterocycles. The van der Waals surface area contributed by atoms with Gasteiger partial charge in [-0.2, -0.15) is 0 Å². The Hall–Kier alpha value is -1.95. The third-order valence-electron chi connectivity index (χ3n) is 4.39. The Morgan fingerprint density at radius 3 is 2.61 bits per heavy atom. The van der Waals surface area contributed by atoms with E-state index in [9.17, 15) is 9.59 Å². The zero-order valence-electron chi connectivity index (χ0n) is 14.8. The van der Waals surface area contributed by atoms with Gasteiger partial charge in [0.25, 0.3) is 5.91 Å². The van der Waals surface area contributed by atoms with Gasteiger partial charge < -0.3 is 14.8 Å². The van der Waals surface area contributed by atoms with Gasteiger partial charge in [0.15, 0.2) is 13.2 Å². The fraction of sp³-hybridized carbons (Fsp3) is 0.300. The normalized spacial score (nSPS) is 15.5. The van der Waals surface area contributed by atoms with Crippen molar-refractivity contribution >= 4 is 46.7 Å². The molecule has 2 aromatic rings. The summed E-state index contributed by atoms with van der Waals surface area (Å²) in [6.45, 7) is -0.785. The number of amides is 1. The topological polar surface area (TPSA) is 64.6 Å². The van der Waals surface area contributed by atoms with Crippen LogP contribution in [0.4, 0.5) is 0 Å². The molecule has 1 aliphatic rings. The molecule has 0 aromatic heterocycles. The van der Waals surface area contributed by atoms with Gasteiger partial charge in [0, 0.05) is 6.07 Å². The highest BCUT2D eigenvalue weighted by atomic mass is 35.5. The standard InChI is InChI=1S/C20H18Cl3NO4/c21-14-8-16(23)18(9-15(14)22)27-11-20(26)28-10-19(25)24-17-7-3-5-12-4-1-2-6-13(12)17/h1-2,4,6,8-9,17H,3,5,7,10-11H2,(H,24,25). The molecule has 5 nitrogen and oxygen atoms in total. The molecule has 148 valence electrons. The molecule has 2 aromatic carbocycles. The Labute approximate surface area is 177 Å². The third kappa shape index (κ3) is 5.31. The predicted octanol–water partition coefficient (Wildman–Crippen LogP) is 4.76. The Bertz CT molecular complexity index is 888. The molecule has 1 amide bonds. The minimum atomic E-state index is -0.693. The van der Waals surface area contributed by atoms with Crippen LogP contribution < -0.4 is 10.1 Å². The molecule has 0 saturated heterocycles. The van der Waals surface area contributed by atoms with Crippen LogP contribution in [0, 0.1) is 0 Å². The van der Waals surface area contributed by atoms with Crippen LogP contribution in [0.5, 0.6) is 5.75 Å². The lowest BCUT2D eigenvalue weighted by Crippen LogP contribution is -2.34. The minimum Gasteiger partial charge on any atom is -0.480 e. The summed E-state index contributed by atoms with van der Waals surface area (Å²) in [6, 6.07) is 10.8. The highest BCUT2D eigenvalue weighted by Crippen LogP contribution is 2.33. The number of halogens is 3. The largest absolute Gasteiger partial charge is 0.480 e. The van der Waals surface area contributed by atoms with E-state index in [0.717, 1.165) is 24.8 Å². The molecule has 28 heavy (non-hydrogen) atoms. The van der Waals surface area contributed by atoms with Crippen molar-refractivity contribution in [2.24, 2.45) is 0 Å². The van der Waals surface area contributed by atoms with Crippen LogP contribution in [-0.4, -0.2) is 25.1 Å². The number of hydrogen-bond donors (Lipinski definition) is 1. The molecule has 0 saturated carbocycles. The Morgan fingerprint density at radius 1 is 1.04 bits per heavy atom. The summed E-state index contributed by atoms with van der Waals surface area (Å²) in [5.41, 5.74) is 2.36. The number of carbonyl (C=O) groups is 2. The second kappa shape index (κ2) is 9.50. The van der Waals surface area contributed by atoms with Crippen LogP contribution in [0.2, 0.25) is 15.1 Å². The molecule has 8 heteroatoms. The van der Waals surface area contributed by atoms with E-state index in [1.165, 1.54) is 17.7 Å². The summed E-state index contributed by atoms with van der Waals surface area (Å²) in [5.74, 6) is -0.847. The molecule has 1 aliphatic carbocycles. The first-order valence-electron chi connectivity index (χ1n) is 8.74. The summed E-state index contributed by atoms with van der Waals surface area (Å²) in [4.78, 5) is 24.0. The summed E-state index contributed by atoms with van der Waals surface area (Å²) < 4.78 is 10.3. The molecule has 0 heterocycles. The van der Waals surface area contributed by atoms with Crippen LogP contribution in [0.3, 0.4) is 0 Å². The monoisotopic (exact) mass is 441 g/mol. The maximum Gasteiger partial charge on any atom is 0.344 e. The van der Waals surface area contributed by atoms with E-state index in [-0.39, 0.29) is 39.4 Å². The van der Waals surface area contributed by atoms with Crippen LogP contribution in [0.25, 0.3) is 0 Å². The van der Waals surface area contributed by atoms with Crippen molar-refractivity contribution in [3.63, 3.8) is 0 Å². The zero-order valence-corrected chi connectivity index (χ0v) is 17.1. The van der Waals surface area contributed by atoms with E-state index in [1.807, 2.05) is 18.2 Å². The summed E-state index contributed by atoms with van der Waals surface area (Å²) in [6.07, 6.45) is 2.86. The number of carbonyl (C=O) groups excluding carboxylic acids is 2. The predicted molar refractivity (Wildman–Crippen MR) is 108 cm³/mol. The quantitative estimate of drug-likeness (QED) is 0.517. The number of fused-ring (bicyclic) bond motifs is 1. The fourth-order valence-corrected chi connectivity index (χ4v) is 3.67. The number of ether oxygens (including phenoxy) is 2. The Balaban J connectivity index is 1.46. The van der Waals surface area contributed by atoms with Crippen molar-refractivity contribution in [3.8, 4) is 5.75 Å². The summed E-state index contributed by atoms with van der Waals surface area (Å²) in [7, 11) is 0. The van der Waals surface area contributed by atoms with Gasteiger partial charge in [-0.3, -0.25) is 4.79 Å². The number of esters is 1. The van der Waals surface area contributed by atoms with Crippen LogP contribution >= 0.6 is 34.8 Å². The Morgan fingerprint density at radius 2 is 1.79 bits per heavy atom. The maximum absolute atomic E-state index is 12.2. The number of hydrogen-bond acceptors (Lipinski definition) is 4. The van der Waals surface area contributed by atoms with Gasteiger partial charge in [0.1, 0.15) is 5.75 Å². The van der Waals surface area contributed by atoms with Crippen LogP contribution in [0.1, 0.15) is 30.0 Å². The lowest BCUT2D eigenvalue weighted by molar-refractivity contribution is -0.150. The highest BCUT2D eigenvalue weighted by molar-refractivity contribution is 6.43. The van der Waals surface area contributed by atoms with Gasteiger partial charge in [0.05, 0.1) is 21.1 Å². The van der Waals surface area contributed by atoms with Crippen LogP contribution in [-0.2, 0) is 20.7 Å². The molecule has 0 bridgehead atoms. The first-order valence-corrected chi connectivity index (χ1v) is 9.87. The van der Waals surface area contributed by atoms with Gasteiger partial charge in [-0.05, 0) is 36.5 Å². The second-order valence-corrected chi connectivity index (χ2v) is 7.58. The molecule has 0 fully saturated rings. The Kier molecular flexibility index (Phi) is 7.05. The summed E-state index contributed by atoms with van der Waals surface area (Å²) in [5, 5.41) is 3.67. The van der Waals surface area contributed by atoms with Gasteiger partial charge in [-0.25, -0.2) is 4.79 Å². The SMILES string of the molecule is O=C(COC(=O)COc1cc(Cl)c(Cl)cc1Cl)NC1CCCc2ccccc21. The lowest BCUT2D eigenvalue weighted by atomic mass is 9.88. The summed E-state index contributed by atoms with van der Waals surface area (Å²) >= 11 is 17.7. The minimum absolute atomic E-state index is 0.0672. The highest BCUT2D eigenvalue weighted by Gasteiger charge is 2.22. The molecular formula is C20H18Cl3NO4. The number of rotatable bonds is 6. The van der Waals surface area contributed by atoms with Crippen molar-refractivity contribution in [1.29, 1.82) is 0 Å². The molecule has 1 atom stereocenters. The smallest absolute Gasteiger partial charge is 0.344 e. The number of benzene rings is 2. The van der Waals surface area contributed by atoms with Gasteiger partial charge in [-0.15, -0.1) is 0 Å². The third-order valence-corrected chi connectivity index (χ3v) is 5.41. The molecular weight excluding hydrogens is 425 g/mol. The molecule has 3 rings (SSSR count). The first kappa shape index (κ1) is 20.8. The maximum atomic E-state index is 12.2. The average molecular weight is 443 g/mol. The van der Waals surface area contributed by atoms with Gasteiger partial charge in [-0.1, -0.05) is 59.1 Å². The van der Waals surface area contributed by atoms with Crippen molar-refractivity contribution in [3.05, 3.63) is 62.6 Å². The van der Waals surface area contributed by atoms with Crippen LogP contribution in [0.15, 0.2) is 36.4 Å². The fourth-order valence-electron chi connectivity index (χ4n) is 3.08. The van der Waals surface area contributed by atoms with E-state index in [0.29, 0.717) is 0 Å². The van der Waals surface area contributed by atoms with E-state index < -0.39 is 12.6 Å². The van der Waals surface area contributed by atoms with Crippen molar-refractivity contribution in [2.45, 2.75) is 25.3 Å². The second-order valence-electron chi connectivity index (χ2n) is 6.36.